The molecule has 2 aromatic rings. The first-order valence-corrected chi connectivity index (χ1v) is 14.7. The van der Waals surface area contributed by atoms with Crippen molar-refractivity contribution in [2.75, 3.05) is 18.5 Å². The third-order valence-electron chi connectivity index (χ3n) is 7.54. The Labute approximate surface area is 263 Å². The molecule has 45 heavy (non-hydrogen) atoms. The van der Waals surface area contributed by atoms with E-state index in [9.17, 15) is 30.0 Å². The lowest BCUT2D eigenvalue weighted by atomic mass is 9.96. The minimum absolute atomic E-state index is 0.00134. The van der Waals surface area contributed by atoms with Crippen LogP contribution < -0.4 is 5.32 Å². The Kier molecular flexibility index (Phi) is 11.1. The topological polar surface area (TPSA) is 192 Å². The number of carbonyl (C=O) groups is 2. The van der Waals surface area contributed by atoms with Crippen molar-refractivity contribution in [1.82, 2.24) is 0 Å². The summed E-state index contributed by atoms with van der Waals surface area (Å²) in [5, 5.41) is 46.8. The Balaban J connectivity index is 1.25. The van der Waals surface area contributed by atoms with Gasteiger partial charge in [0.15, 0.2) is 18.9 Å². The number of aliphatic hydroxyl groups excluding tert-OH is 4. The molecule has 3 heterocycles. The summed E-state index contributed by atoms with van der Waals surface area (Å²) in [6.45, 7) is 2.00. The summed E-state index contributed by atoms with van der Waals surface area (Å²) in [4.78, 5) is 23.1. The molecule has 3 aliphatic heterocycles. The second kappa shape index (κ2) is 14.8. The van der Waals surface area contributed by atoms with Gasteiger partial charge in [0.05, 0.1) is 23.9 Å². The molecule has 5 N–H and O–H groups in total. The maximum atomic E-state index is 11.6. The fraction of sp³-hybridized carbons (Fsp3) is 0.533. The molecule has 1 amide bonds. The van der Waals surface area contributed by atoms with Gasteiger partial charge in [0, 0.05) is 19.4 Å². The van der Waals surface area contributed by atoms with Gasteiger partial charge in [-0.05, 0) is 17.7 Å². The van der Waals surface area contributed by atoms with E-state index in [1.807, 2.05) is 18.2 Å². The van der Waals surface area contributed by atoms with Crippen molar-refractivity contribution in [3.63, 3.8) is 0 Å². The molecule has 11 unspecified atom stereocenters. The van der Waals surface area contributed by atoms with Gasteiger partial charge < -0.3 is 58.9 Å². The molecular weight excluding hydrogens is 618 g/mol. The molecule has 15 heteroatoms. The fourth-order valence-corrected chi connectivity index (χ4v) is 5.46. The van der Waals surface area contributed by atoms with Gasteiger partial charge in [-0.3, -0.25) is 9.59 Å². The second-order valence-electron chi connectivity index (χ2n) is 10.9. The molecule has 11 atom stereocenters. The highest BCUT2D eigenvalue weighted by Crippen LogP contribution is 2.36. The number of ether oxygens (including phenoxy) is 7. The van der Waals surface area contributed by atoms with Gasteiger partial charge in [-0.1, -0.05) is 48.0 Å². The number of fused-ring (bicyclic) bond motifs is 1. The van der Waals surface area contributed by atoms with Gasteiger partial charge in [-0.15, -0.1) is 0 Å². The minimum atomic E-state index is -1.67. The van der Waals surface area contributed by atoms with E-state index < -0.39 is 80.3 Å². The first-order chi connectivity index (χ1) is 21.5. The van der Waals surface area contributed by atoms with Crippen molar-refractivity contribution in [2.45, 2.75) is 88.2 Å². The molecule has 2 aromatic carbocycles. The Morgan fingerprint density at radius 3 is 2.38 bits per heavy atom. The number of hydrogen-bond donors (Lipinski definition) is 5. The van der Waals surface area contributed by atoms with Crippen molar-refractivity contribution >= 4 is 29.2 Å². The van der Waals surface area contributed by atoms with Crippen molar-refractivity contribution < 1.29 is 63.2 Å². The lowest BCUT2D eigenvalue weighted by Gasteiger charge is -2.48. The highest BCUT2D eigenvalue weighted by atomic mass is 35.5. The molecular formula is C30H36ClNO13. The number of rotatable bonds is 9. The van der Waals surface area contributed by atoms with E-state index in [1.54, 1.807) is 30.3 Å². The van der Waals surface area contributed by atoms with Crippen LogP contribution in [-0.4, -0.2) is 107 Å². The molecule has 5 rings (SSSR count). The van der Waals surface area contributed by atoms with Crippen molar-refractivity contribution in [3.8, 4) is 0 Å². The lowest BCUT2D eigenvalue weighted by Crippen LogP contribution is -2.66. The summed E-state index contributed by atoms with van der Waals surface area (Å²) in [5.41, 5.74) is 1.65. The SMILES string of the molecule is CC(=O)Nc1cc(COC2OC(COC(C)=O)C(OC3OC4COC(c5ccccc5)OC4C(O)C3O)C(O)C2O)ccc1Cl. The second-order valence-corrected chi connectivity index (χ2v) is 11.3. The normalized spacial score (nSPS) is 34.9. The van der Waals surface area contributed by atoms with Crippen LogP contribution in [0.1, 0.15) is 31.3 Å². The van der Waals surface area contributed by atoms with Crippen molar-refractivity contribution in [2.24, 2.45) is 0 Å². The van der Waals surface area contributed by atoms with Gasteiger partial charge in [0.1, 0.15) is 55.4 Å². The summed E-state index contributed by atoms with van der Waals surface area (Å²) in [7, 11) is 0. The number of aliphatic hydroxyl groups is 4. The fourth-order valence-electron chi connectivity index (χ4n) is 5.30. The maximum absolute atomic E-state index is 11.6. The van der Waals surface area contributed by atoms with E-state index in [0.717, 1.165) is 5.56 Å². The van der Waals surface area contributed by atoms with Gasteiger partial charge in [-0.2, -0.15) is 0 Å². The molecule has 3 fully saturated rings. The number of hydrogen-bond acceptors (Lipinski definition) is 13. The summed E-state index contributed by atoms with van der Waals surface area (Å²) in [5.74, 6) is -0.961. The number of benzene rings is 2. The molecule has 0 spiro atoms. The molecule has 3 saturated heterocycles. The van der Waals surface area contributed by atoms with Crippen LogP contribution in [0.5, 0.6) is 0 Å². The first-order valence-electron chi connectivity index (χ1n) is 14.3. The van der Waals surface area contributed by atoms with Crippen LogP contribution in [-0.2, 0) is 49.4 Å². The largest absolute Gasteiger partial charge is 0.463 e. The van der Waals surface area contributed by atoms with Gasteiger partial charge >= 0.3 is 5.97 Å². The van der Waals surface area contributed by atoms with Crippen LogP contribution in [0.4, 0.5) is 5.69 Å². The molecule has 14 nitrogen and oxygen atoms in total. The van der Waals surface area contributed by atoms with E-state index in [-0.39, 0.29) is 19.1 Å². The van der Waals surface area contributed by atoms with Crippen LogP contribution in [0.2, 0.25) is 5.02 Å². The van der Waals surface area contributed by atoms with E-state index in [4.69, 9.17) is 44.8 Å². The van der Waals surface area contributed by atoms with Gasteiger partial charge in [0.2, 0.25) is 5.91 Å². The third kappa shape index (κ3) is 7.99. The van der Waals surface area contributed by atoms with Crippen molar-refractivity contribution in [3.05, 3.63) is 64.7 Å². The summed E-state index contributed by atoms with van der Waals surface area (Å²) >= 11 is 6.13. The Hall–Kier alpha value is -2.73. The highest BCUT2D eigenvalue weighted by molar-refractivity contribution is 6.33. The molecule has 0 bridgehead atoms. The molecule has 3 aliphatic rings. The average Bonchev–Trinajstić information content (AvgIpc) is 3.02. The van der Waals surface area contributed by atoms with E-state index in [2.05, 4.69) is 5.32 Å². The minimum Gasteiger partial charge on any atom is -0.463 e. The quantitative estimate of drug-likeness (QED) is 0.239. The number of esters is 1. The highest BCUT2D eigenvalue weighted by Gasteiger charge is 2.53. The van der Waals surface area contributed by atoms with E-state index in [0.29, 0.717) is 16.3 Å². The number of anilines is 1. The summed E-state index contributed by atoms with van der Waals surface area (Å²) < 4.78 is 40.2. The number of nitrogens with one attached hydrogen (secondary N) is 1. The molecule has 246 valence electrons. The molecule has 0 saturated carbocycles. The standard InChI is InChI=1S/C30H36ClNO13/c1-14(33)32-19-10-16(8-9-18(19)31)11-40-29-24(37)22(35)27(20(42-29)12-39-15(2)34)45-30-25(38)23(36)26-21(43-30)13-41-28(44-26)17-6-4-3-5-7-17/h3-10,20-30,35-38H,11-13H2,1-2H3,(H,32,33). The summed E-state index contributed by atoms with van der Waals surface area (Å²) in [6.07, 6.45) is -14.5. The molecule has 0 radical (unpaired) electrons. The zero-order chi connectivity index (χ0) is 32.2. The summed E-state index contributed by atoms with van der Waals surface area (Å²) in [6, 6.07) is 13.9. The Morgan fingerprint density at radius 2 is 1.67 bits per heavy atom. The smallest absolute Gasteiger partial charge is 0.302 e. The van der Waals surface area contributed by atoms with Crippen molar-refractivity contribution in [1.29, 1.82) is 0 Å². The van der Waals surface area contributed by atoms with Crippen LogP contribution in [0.25, 0.3) is 0 Å². The van der Waals surface area contributed by atoms with E-state index >= 15 is 0 Å². The zero-order valence-corrected chi connectivity index (χ0v) is 25.2. The Morgan fingerprint density at radius 1 is 0.933 bits per heavy atom. The maximum Gasteiger partial charge on any atom is 0.302 e. The molecule has 0 aromatic heterocycles. The lowest BCUT2D eigenvalue weighted by molar-refractivity contribution is -0.386. The van der Waals surface area contributed by atoms with Gasteiger partial charge in [0.25, 0.3) is 0 Å². The Bertz CT molecular complexity index is 1320. The van der Waals surface area contributed by atoms with E-state index in [1.165, 1.54) is 13.8 Å². The van der Waals surface area contributed by atoms with Crippen LogP contribution in [0.3, 0.4) is 0 Å². The number of halogens is 1. The predicted octanol–water partition coefficient (Wildman–Crippen LogP) is 0.771. The first kappa shape index (κ1) is 33.6. The van der Waals surface area contributed by atoms with Gasteiger partial charge in [-0.25, -0.2) is 0 Å². The van der Waals surface area contributed by atoms with Crippen LogP contribution in [0.15, 0.2) is 48.5 Å². The third-order valence-corrected chi connectivity index (χ3v) is 7.87. The zero-order valence-electron chi connectivity index (χ0n) is 24.4. The predicted molar refractivity (Wildman–Crippen MR) is 153 cm³/mol. The molecule has 0 aliphatic carbocycles. The van der Waals surface area contributed by atoms with Crippen LogP contribution in [0, 0.1) is 0 Å². The number of carbonyl (C=O) groups excluding carboxylic acids is 2. The van der Waals surface area contributed by atoms with Crippen LogP contribution >= 0.6 is 11.6 Å². The monoisotopic (exact) mass is 653 g/mol. The average molecular weight is 654 g/mol. The number of amides is 1.